The molecule has 0 aliphatic rings. The summed E-state index contributed by atoms with van der Waals surface area (Å²) < 4.78 is 10.9. The first kappa shape index (κ1) is 14.6. The van der Waals surface area contributed by atoms with Crippen molar-refractivity contribution in [2.24, 2.45) is 0 Å². The molecule has 0 fully saturated rings. The van der Waals surface area contributed by atoms with Gasteiger partial charge < -0.3 is 15.2 Å². The van der Waals surface area contributed by atoms with Crippen molar-refractivity contribution in [3.8, 4) is 11.5 Å². The van der Waals surface area contributed by atoms with Crippen LogP contribution in [0.5, 0.6) is 11.5 Å². The second kappa shape index (κ2) is 7.10. The monoisotopic (exact) mass is 289 g/mol. The molecule has 0 aliphatic heterocycles. The van der Waals surface area contributed by atoms with E-state index in [0.717, 1.165) is 33.4 Å². The first-order valence-corrected chi connectivity index (χ1v) is 7.50. The number of hydrogen-bond donors (Lipinski definition) is 1. The molecular weight excluding hydrogens is 270 g/mol. The second-order valence-electron chi connectivity index (χ2n) is 4.23. The van der Waals surface area contributed by atoms with Gasteiger partial charge >= 0.3 is 0 Å². The van der Waals surface area contributed by atoms with E-state index in [1.54, 1.807) is 18.9 Å². The van der Waals surface area contributed by atoms with Crippen LogP contribution in [0.25, 0.3) is 0 Å². The van der Waals surface area contributed by atoms with Gasteiger partial charge in [0.05, 0.1) is 13.7 Å². The summed E-state index contributed by atoms with van der Waals surface area (Å²) in [5, 5.41) is 0. The zero-order valence-corrected chi connectivity index (χ0v) is 12.6. The molecule has 2 N–H and O–H groups in total. The van der Waals surface area contributed by atoms with Gasteiger partial charge in [0.25, 0.3) is 0 Å². The fourth-order valence-corrected chi connectivity index (χ4v) is 2.86. The van der Waals surface area contributed by atoms with Gasteiger partial charge in [0.1, 0.15) is 11.5 Å². The molecule has 3 nitrogen and oxygen atoms in total. The van der Waals surface area contributed by atoms with Gasteiger partial charge in [-0.2, -0.15) is 0 Å². The van der Waals surface area contributed by atoms with Crippen molar-refractivity contribution in [2.45, 2.75) is 17.6 Å². The summed E-state index contributed by atoms with van der Waals surface area (Å²) in [5.41, 5.74) is 7.94. The maximum absolute atomic E-state index is 6.01. The van der Waals surface area contributed by atoms with E-state index in [-0.39, 0.29) is 0 Å². The summed E-state index contributed by atoms with van der Waals surface area (Å²) >= 11 is 1.68. The number of rotatable bonds is 6. The van der Waals surface area contributed by atoms with E-state index in [1.165, 1.54) is 0 Å². The van der Waals surface area contributed by atoms with Crippen molar-refractivity contribution >= 4 is 17.4 Å². The average molecular weight is 289 g/mol. The molecule has 20 heavy (non-hydrogen) atoms. The van der Waals surface area contributed by atoms with Crippen molar-refractivity contribution in [3.63, 3.8) is 0 Å². The van der Waals surface area contributed by atoms with Crippen LogP contribution in [0, 0.1) is 0 Å². The Kier molecular flexibility index (Phi) is 5.18. The van der Waals surface area contributed by atoms with Crippen LogP contribution >= 0.6 is 11.8 Å². The predicted octanol–water partition coefficient (Wildman–Crippen LogP) is 3.97. The van der Waals surface area contributed by atoms with Crippen molar-refractivity contribution < 1.29 is 9.47 Å². The Hall–Kier alpha value is -1.81. The van der Waals surface area contributed by atoms with Gasteiger partial charge in [-0.3, -0.25) is 0 Å². The Morgan fingerprint density at radius 1 is 1.15 bits per heavy atom. The number of ether oxygens (including phenoxy) is 2. The number of para-hydroxylation sites is 1. The Balaban J connectivity index is 2.12. The third-order valence-corrected chi connectivity index (χ3v) is 3.99. The molecule has 0 unspecified atom stereocenters. The fourth-order valence-electron chi connectivity index (χ4n) is 1.87. The third-order valence-electron chi connectivity index (χ3n) is 2.87. The Morgan fingerprint density at radius 3 is 2.70 bits per heavy atom. The average Bonchev–Trinajstić information content (AvgIpc) is 2.48. The molecule has 0 saturated carbocycles. The van der Waals surface area contributed by atoms with E-state index in [2.05, 4.69) is 6.07 Å². The summed E-state index contributed by atoms with van der Waals surface area (Å²) in [4.78, 5) is 1.03. The van der Waals surface area contributed by atoms with Crippen molar-refractivity contribution in [2.75, 3.05) is 19.5 Å². The van der Waals surface area contributed by atoms with Crippen LogP contribution < -0.4 is 15.2 Å². The molecule has 0 spiro atoms. The molecule has 0 heterocycles. The van der Waals surface area contributed by atoms with Crippen molar-refractivity contribution in [1.29, 1.82) is 0 Å². The summed E-state index contributed by atoms with van der Waals surface area (Å²) in [6, 6.07) is 13.8. The van der Waals surface area contributed by atoms with Crippen molar-refractivity contribution in [1.82, 2.24) is 0 Å². The molecule has 0 radical (unpaired) electrons. The van der Waals surface area contributed by atoms with E-state index in [4.69, 9.17) is 15.2 Å². The zero-order valence-electron chi connectivity index (χ0n) is 11.8. The first-order valence-electron chi connectivity index (χ1n) is 6.51. The lowest BCUT2D eigenvalue weighted by atomic mass is 10.2. The van der Waals surface area contributed by atoms with Crippen LogP contribution in [0.3, 0.4) is 0 Å². The van der Waals surface area contributed by atoms with Crippen LogP contribution in [0.15, 0.2) is 47.4 Å². The van der Waals surface area contributed by atoms with Crippen LogP contribution in [0.4, 0.5) is 5.69 Å². The minimum atomic E-state index is 0.653. The van der Waals surface area contributed by atoms with Gasteiger partial charge in [0.15, 0.2) is 0 Å². The Bertz CT molecular complexity index is 572. The third kappa shape index (κ3) is 3.61. The number of nitrogens with two attached hydrogens (primary N) is 1. The highest BCUT2D eigenvalue weighted by Crippen LogP contribution is 2.33. The minimum Gasteiger partial charge on any atom is -0.496 e. The highest BCUT2D eigenvalue weighted by molar-refractivity contribution is 7.98. The highest BCUT2D eigenvalue weighted by Gasteiger charge is 2.06. The minimum absolute atomic E-state index is 0.653. The number of thioether (sulfide) groups is 1. The van der Waals surface area contributed by atoms with Crippen molar-refractivity contribution in [3.05, 3.63) is 48.0 Å². The van der Waals surface area contributed by atoms with E-state index in [1.807, 2.05) is 43.3 Å². The number of hydrogen-bond acceptors (Lipinski definition) is 4. The van der Waals surface area contributed by atoms with Gasteiger partial charge in [-0.15, -0.1) is 11.8 Å². The predicted molar refractivity (Wildman–Crippen MR) is 84.6 cm³/mol. The molecule has 4 heteroatoms. The highest BCUT2D eigenvalue weighted by atomic mass is 32.2. The molecular formula is C16H19NO2S. The standard InChI is InChI=1S/C16H19NO2S/c1-3-19-13-8-9-14(17)16(10-13)20-11-12-6-4-5-7-15(12)18-2/h4-10H,3,11,17H2,1-2H3. The quantitative estimate of drug-likeness (QED) is 0.645. The van der Waals surface area contributed by atoms with Crippen LogP contribution in [0.1, 0.15) is 12.5 Å². The number of anilines is 1. The molecule has 0 aromatic heterocycles. The maximum Gasteiger partial charge on any atom is 0.122 e. The number of methoxy groups -OCH3 is 1. The smallest absolute Gasteiger partial charge is 0.122 e. The largest absolute Gasteiger partial charge is 0.496 e. The summed E-state index contributed by atoms with van der Waals surface area (Å²) in [6.07, 6.45) is 0. The van der Waals surface area contributed by atoms with Gasteiger partial charge in [0.2, 0.25) is 0 Å². The first-order chi connectivity index (χ1) is 9.74. The van der Waals surface area contributed by atoms with Crippen LogP contribution in [0.2, 0.25) is 0 Å². The van der Waals surface area contributed by atoms with E-state index >= 15 is 0 Å². The van der Waals surface area contributed by atoms with Gasteiger partial charge in [-0.25, -0.2) is 0 Å². The molecule has 0 amide bonds. The lowest BCUT2D eigenvalue weighted by Gasteiger charge is -2.11. The second-order valence-corrected chi connectivity index (χ2v) is 5.25. The van der Waals surface area contributed by atoms with Crippen LogP contribution in [-0.4, -0.2) is 13.7 Å². The summed E-state index contributed by atoms with van der Waals surface area (Å²) in [6.45, 7) is 2.62. The SMILES string of the molecule is CCOc1ccc(N)c(SCc2ccccc2OC)c1. The molecule has 0 aliphatic carbocycles. The topological polar surface area (TPSA) is 44.5 Å². The normalized spacial score (nSPS) is 10.3. The molecule has 2 rings (SSSR count). The van der Waals surface area contributed by atoms with Gasteiger partial charge in [-0.05, 0) is 31.2 Å². The van der Waals surface area contributed by atoms with E-state index in [0.29, 0.717) is 6.61 Å². The molecule has 2 aromatic carbocycles. The summed E-state index contributed by atoms with van der Waals surface area (Å²) in [7, 11) is 1.69. The molecule has 106 valence electrons. The summed E-state index contributed by atoms with van der Waals surface area (Å²) in [5.74, 6) is 2.56. The molecule has 0 atom stereocenters. The van der Waals surface area contributed by atoms with E-state index < -0.39 is 0 Å². The molecule has 0 bridgehead atoms. The Labute approximate surface area is 124 Å². The van der Waals surface area contributed by atoms with E-state index in [9.17, 15) is 0 Å². The van der Waals surface area contributed by atoms with Crippen LogP contribution in [-0.2, 0) is 5.75 Å². The van der Waals surface area contributed by atoms with Gasteiger partial charge in [-0.1, -0.05) is 18.2 Å². The lowest BCUT2D eigenvalue weighted by Crippen LogP contribution is -1.95. The zero-order chi connectivity index (χ0) is 14.4. The molecule has 0 saturated heterocycles. The number of nitrogen functional groups attached to an aromatic ring is 1. The maximum atomic E-state index is 6.01. The molecule has 2 aromatic rings. The fraction of sp³-hybridized carbons (Fsp3) is 0.250. The lowest BCUT2D eigenvalue weighted by molar-refractivity contribution is 0.339. The Morgan fingerprint density at radius 2 is 1.95 bits per heavy atom. The van der Waals surface area contributed by atoms with Gasteiger partial charge in [0, 0.05) is 21.9 Å². The number of benzene rings is 2.